The lowest BCUT2D eigenvalue weighted by molar-refractivity contribution is -0.118. The Hall–Kier alpha value is -2.68. The Morgan fingerprint density at radius 1 is 1.20 bits per heavy atom. The van der Waals surface area contributed by atoms with Gasteiger partial charge in [-0.15, -0.1) is 10.2 Å². The number of benzene rings is 1. The Morgan fingerprint density at radius 2 is 1.93 bits per heavy atom. The molecule has 1 aromatic carbocycles. The van der Waals surface area contributed by atoms with Crippen molar-refractivity contribution in [3.8, 4) is 0 Å². The lowest BCUT2D eigenvalue weighted by Crippen LogP contribution is -2.23. The van der Waals surface area contributed by atoms with Crippen molar-refractivity contribution < 1.29 is 14.4 Å². The molecule has 3 rings (SSSR count). The fourth-order valence-electron chi connectivity index (χ4n) is 3.36. The smallest absolute Gasteiger partial charge is 0.227 e. The molecule has 2 amide bonds. The van der Waals surface area contributed by atoms with E-state index in [0.717, 1.165) is 18.7 Å². The third kappa shape index (κ3) is 5.47. The summed E-state index contributed by atoms with van der Waals surface area (Å²) in [7, 11) is 0. The van der Waals surface area contributed by atoms with Crippen LogP contribution in [0.25, 0.3) is 0 Å². The van der Waals surface area contributed by atoms with Crippen LogP contribution in [0.3, 0.4) is 0 Å². The molecule has 1 aromatic heterocycles. The highest BCUT2D eigenvalue weighted by atomic mass is 32.2. The molecule has 30 heavy (non-hydrogen) atoms. The van der Waals surface area contributed by atoms with Crippen LogP contribution in [0.1, 0.15) is 49.3 Å². The maximum Gasteiger partial charge on any atom is 0.227 e. The van der Waals surface area contributed by atoms with Gasteiger partial charge in [0.2, 0.25) is 11.8 Å². The van der Waals surface area contributed by atoms with E-state index in [9.17, 15) is 14.4 Å². The summed E-state index contributed by atoms with van der Waals surface area (Å²) in [4.78, 5) is 37.4. The van der Waals surface area contributed by atoms with E-state index in [1.807, 2.05) is 16.7 Å². The lowest BCUT2D eigenvalue weighted by Gasteiger charge is -2.15. The van der Waals surface area contributed by atoms with Gasteiger partial charge in [0.1, 0.15) is 5.82 Å². The SMILES string of the molecule is CC(C)Cn1c(CCC(N)=O)nnc1SCC(=O)c1ccc(N2CCCC2=O)cc1. The number of primary amides is 1. The van der Waals surface area contributed by atoms with Crippen LogP contribution in [0.5, 0.6) is 0 Å². The fraction of sp³-hybridized carbons (Fsp3) is 0.476. The number of ketones is 1. The van der Waals surface area contributed by atoms with Gasteiger partial charge in [-0.2, -0.15) is 0 Å². The Morgan fingerprint density at radius 3 is 2.53 bits per heavy atom. The molecule has 1 aliphatic heterocycles. The van der Waals surface area contributed by atoms with Gasteiger partial charge in [0.05, 0.1) is 5.75 Å². The van der Waals surface area contributed by atoms with Crippen LogP contribution < -0.4 is 10.6 Å². The molecule has 1 fully saturated rings. The van der Waals surface area contributed by atoms with Crippen molar-refractivity contribution in [2.24, 2.45) is 11.7 Å². The summed E-state index contributed by atoms with van der Waals surface area (Å²) in [5.74, 6) is 1.03. The molecule has 2 N–H and O–H groups in total. The van der Waals surface area contributed by atoms with Gasteiger partial charge >= 0.3 is 0 Å². The van der Waals surface area contributed by atoms with E-state index in [2.05, 4.69) is 24.0 Å². The maximum absolute atomic E-state index is 12.7. The summed E-state index contributed by atoms with van der Waals surface area (Å²) in [6, 6.07) is 7.18. The molecule has 0 bridgehead atoms. The van der Waals surface area contributed by atoms with E-state index in [0.29, 0.717) is 41.8 Å². The Balaban J connectivity index is 1.65. The molecule has 0 unspecified atom stereocenters. The van der Waals surface area contributed by atoms with Crippen molar-refractivity contribution in [3.63, 3.8) is 0 Å². The fourth-order valence-corrected chi connectivity index (χ4v) is 4.22. The first kappa shape index (κ1) is 22.0. The highest BCUT2D eigenvalue weighted by molar-refractivity contribution is 7.99. The topological polar surface area (TPSA) is 111 Å². The molecule has 0 saturated carbocycles. The normalized spacial score (nSPS) is 14.0. The van der Waals surface area contributed by atoms with Gasteiger partial charge in [0.25, 0.3) is 0 Å². The monoisotopic (exact) mass is 429 g/mol. The molecule has 2 aromatic rings. The van der Waals surface area contributed by atoms with Gasteiger partial charge in [0, 0.05) is 43.6 Å². The minimum absolute atomic E-state index is 0.0166. The highest BCUT2D eigenvalue weighted by Crippen LogP contribution is 2.24. The van der Waals surface area contributed by atoms with Gasteiger partial charge in [-0.25, -0.2) is 0 Å². The number of thioether (sulfide) groups is 1. The Bertz CT molecular complexity index is 923. The largest absolute Gasteiger partial charge is 0.370 e. The Labute approximate surface area is 180 Å². The average molecular weight is 430 g/mol. The second-order valence-corrected chi connectivity index (χ2v) is 8.72. The van der Waals surface area contributed by atoms with Crippen LogP contribution in [-0.4, -0.2) is 44.7 Å². The summed E-state index contributed by atoms with van der Waals surface area (Å²) in [6.45, 7) is 5.61. The van der Waals surface area contributed by atoms with Crippen LogP contribution >= 0.6 is 11.8 Å². The van der Waals surface area contributed by atoms with E-state index in [1.165, 1.54) is 11.8 Å². The van der Waals surface area contributed by atoms with Crippen molar-refractivity contribution in [3.05, 3.63) is 35.7 Å². The van der Waals surface area contributed by atoms with E-state index in [1.54, 1.807) is 17.0 Å². The van der Waals surface area contributed by atoms with Crippen LogP contribution in [0, 0.1) is 5.92 Å². The number of carbonyl (C=O) groups is 3. The lowest BCUT2D eigenvalue weighted by atomic mass is 10.1. The number of hydrogen-bond donors (Lipinski definition) is 1. The zero-order valence-electron chi connectivity index (χ0n) is 17.3. The zero-order chi connectivity index (χ0) is 21.7. The number of aryl methyl sites for hydroxylation is 1. The molecule has 8 nitrogen and oxygen atoms in total. The first-order valence-electron chi connectivity index (χ1n) is 10.1. The molecule has 1 aliphatic rings. The molecule has 0 radical (unpaired) electrons. The third-order valence-electron chi connectivity index (χ3n) is 4.84. The first-order valence-corrected chi connectivity index (χ1v) is 11.1. The quantitative estimate of drug-likeness (QED) is 0.459. The number of nitrogens with two attached hydrogens (primary N) is 1. The minimum Gasteiger partial charge on any atom is -0.370 e. The number of amides is 2. The molecular formula is C21H27N5O3S. The summed E-state index contributed by atoms with van der Waals surface area (Å²) < 4.78 is 1.97. The predicted molar refractivity (Wildman–Crippen MR) is 115 cm³/mol. The first-order chi connectivity index (χ1) is 14.3. The predicted octanol–water partition coefficient (Wildman–Crippen LogP) is 2.45. The number of aromatic nitrogens is 3. The van der Waals surface area contributed by atoms with E-state index >= 15 is 0 Å². The zero-order valence-corrected chi connectivity index (χ0v) is 18.2. The van der Waals surface area contributed by atoms with Crippen LogP contribution in [0.15, 0.2) is 29.4 Å². The van der Waals surface area contributed by atoms with Crippen molar-refractivity contribution in [2.45, 2.75) is 51.2 Å². The van der Waals surface area contributed by atoms with E-state index in [4.69, 9.17) is 5.73 Å². The summed E-state index contributed by atoms with van der Waals surface area (Å²) >= 11 is 1.34. The van der Waals surface area contributed by atoms with Gasteiger partial charge in [-0.3, -0.25) is 14.4 Å². The van der Waals surface area contributed by atoms with E-state index in [-0.39, 0.29) is 29.8 Å². The molecule has 160 valence electrons. The van der Waals surface area contributed by atoms with Crippen molar-refractivity contribution in [1.82, 2.24) is 14.8 Å². The summed E-state index contributed by atoms with van der Waals surface area (Å²) in [5.41, 5.74) is 6.68. The number of carbonyl (C=O) groups excluding carboxylic acids is 3. The number of rotatable bonds is 10. The maximum atomic E-state index is 12.7. The molecule has 0 spiro atoms. The molecule has 0 atom stereocenters. The summed E-state index contributed by atoms with van der Waals surface area (Å²) in [5, 5.41) is 9.07. The third-order valence-corrected chi connectivity index (χ3v) is 5.81. The molecule has 2 heterocycles. The number of hydrogen-bond acceptors (Lipinski definition) is 6. The van der Waals surface area contributed by atoms with Gasteiger partial charge < -0.3 is 15.2 Å². The summed E-state index contributed by atoms with van der Waals surface area (Å²) in [6.07, 6.45) is 2.09. The number of anilines is 1. The molecular weight excluding hydrogens is 402 g/mol. The molecule has 1 saturated heterocycles. The Kier molecular flexibility index (Phi) is 7.25. The van der Waals surface area contributed by atoms with Crippen molar-refractivity contribution in [2.75, 3.05) is 17.2 Å². The number of Topliss-reactive ketones (excluding diaryl/α,β-unsaturated/α-hetero) is 1. The standard InChI is InChI=1S/C21H27N5O3S/c1-14(2)12-26-19(10-9-18(22)28)23-24-21(26)30-13-17(27)15-5-7-16(8-6-15)25-11-3-4-20(25)29/h5-8,14H,3-4,9-13H2,1-2H3,(H2,22,28). The van der Waals surface area contributed by atoms with E-state index < -0.39 is 0 Å². The van der Waals surface area contributed by atoms with Crippen molar-refractivity contribution in [1.29, 1.82) is 0 Å². The highest BCUT2D eigenvalue weighted by Gasteiger charge is 2.22. The van der Waals surface area contributed by atoms with Crippen LogP contribution in [-0.2, 0) is 22.6 Å². The average Bonchev–Trinajstić information content (AvgIpc) is 3.30. The van der Waals surface area contributed by atoms with Crippen LogP contribution in [0.4, 0.5) is 5.69 Å². The molecule has 0 aliphatic carbocycles. The van der Waals surface area contributed by atoms with Crippen molar-refractivity contribution >= 4 is 35.0 Å². The van der Waals surface area contributed by atoms with Crippen LogP contribution in [0.2, 0.25) is 0 Å². The molecule has 9 heteroatoms. The second kappa shape index (κ2) is 9.88. The number of nitrogens with zero attached hydrogens (tertiary/aromatic N) is 4. The minimum atomic E-state index is -0.377. The van der Waals surface area contributed by atoms with Gasteiger partial charge in [-0.1, -0.05) is 25.6 Å². The second-order valence-electron chi connectivity index (χ2n) is 7.78. The van der Waals surface area contributed by atoms with Gasteiger partial charge in [0.15, 0.2) is 10.9 Å². The van der Waals surface area contributed by atoms with Gasteiger partial charge in [-0.05, 0) is 36.6 Å².